The summed E-state index contributed by atoms with van der Waals surface area (Å²) < 4.78 is 38.7. The molecular formula is C13H11BrF3NO2S. The summed E-state index contributed by atoms with van der Waals surface area (Å²) in [5.41, 5.74) is -0.629. The van der Waals surface area contributed by atoms with Gasteiger partial charge in [0.1, 0.15) is 0 Å². The van der Waals surface area contributed by atoms with Crippen molar-refractivity contribution in [3.63, 3.8) is 0 Å². The van der Waals surface area contributed by atoms with E-state index in [4.69, 9.17) is 0 Å². The van der Waals surface area contributed by atoms with Crippen molar-refractivity contribution in [2.45, 2.75) is 24.8 Å². The van der Waals surface area contributed by atoms with Crippen molar-refractivity contribution >= 4 is 44.4 Å². The highest BCUT2D eigenvalue weighted by atomic mass is 79.9. The van der Waals surface area contributed by atoms with Crippen molar-refractivity contribution in [3.8, 4) is 0 Å². The minimum Gasteiger partial charge on any atom is -0.311 e. The van der Waals surface area contributed by atoms with E-state index in [2.05, 4.69) is 15.9 Å². The van der Waals surface area contributed by atoms with Crippen LogP contribution in [0.15, 0.2) is 22.7 Å². The zero-order valence-corrected chi connectivity index (χ0v) is 13.3. The normalized spacial score (nSPS) is 19.2. The van der Waals surface area contributed by atoms with Crippen molar-refractivity contribution in [3.05, 3.63) is 28.2 Å². The van der Waals surface area contributed by atoms with Crippen LogP contribution in [0.25, 0.3) is 0 Å². The first-order valence-corrected chi connectivity index (χ1v) is 7.69. The predicted octanol–water partition coefficient (Wildman–Crippen LogP) is 3.85. The van der Waals surface area contributed by atoms with E-state index in [9.17, 15) is 22.8 Å². The average Bonchev–Trinajstić information content (AvgIpc) is 2.67. The van der Waals surface area contributed by atoms with Gasteiger partial charge in [-0.25, -0.2) is 0 Å². The molecule has 3 nitrogen and oxygen atoms in total. The minimum atomic E-state index is -4.48. The molecule has 1 saturated heterocycles. The Balaban J connectivity index is 2.28. The smallest absolute Gasteiger partial charge is 0.311 e. The molecule has 1 atom stereocenters. The Morgan fingerprint density at radius 2 is 2.05 bits per heavy atom. The molecule has 0 spiro atoms. The molecule has 2 rings (SSSR count). The Kier molecular flexibility index (Phi) is 4.67. The summed E-state index contributed by atoms with van der Waals surface area (Å²) in [6, 6.07) is 3.38. The molecule has 8 heteroatoms. The van der Waals surface area contributed by atoms with E-state index in [-0.39, 0.29) is 39.4 Å². The second-order valence-electron chi connectivity index (χ2n) is 4.64. The first-order chi connectivity index (χ1) is 9.66. The summed E-state index contributed by atoms with van der Waals surface area (Å²) in [7, 11) is 0. The third-order valence-corrected chi connectivity index (χ3v) is 4.38. The number of halogens is 4. The summed E-state index contributed by atoms with van der Waals surface area (Å²) in [5, 5.41) is -0.330. The van der Waals surface area contributed by atoms with Crippen LogP contribution in [-0.4, -0.2) is 22.8 Å². The molecule has 1 unspecified atom stereocenters. The van der Waals surface area contributed by atoms with Gasteiger partial charge in [0, 0.05) is 35.3 Å². The molecular weight excluding hydrogens is 371 g/mol. The molecule has 21 heavy (non-hydrogen) atoms. The van der Waals surface area contributed by atoms with Gasteiger partial charge in [0.15, 0.2) is 5.12 Å². The number of carbonyl (C=O) groups is 2. The summed E-state index contributed by atoms with van der Waals surface area (Å²) in [6.45, 7) is 1.63. The quantitative estimate of drug-likeness (QED) is 0.780. The number of benzene rings is 1. The number of alkyl halides is 3. The summed E-state index contributed by atoms with van der Waals surface area (Å²) in [4.78, 5) is 24.3. The maximum absolute atomic E-state index is 12.8. The van der Waals surface area contributed by atoms with Crippen LogP contribution in [0.2, 0.25) is 0 Å². The molecule has 1 aliphatic heterocycles. The van der Waals surface area contributed by atoms with Crippen molar-refractivity contribution in [2.24, 2.45) is 0 Å². The Labute approximate surface area is 132 Å². The van der Waals surface area contributed by atoms with Crippen LogP contribution >= 0.6 is 27.7 Å². The number of carbonyl (C=O) groups excluding carboxylic acids is 2. The molecule has 114 valence electrons. The van der Waals surface area contributed by atoms with E-state index in [0.717, 1.165) is 23.9 Å². The highest BCUT2D eigenvalue weighted by molar-refractivity contribution is 9.10. The molecule has 0 bridgehead atoms. The predicted molar refractivity (Wildman–Crippen MR) is 78.2 cm³/mol. The molecule has 1 aromatic carbocycles. The summed E-state index contributed by atoms with van der Waals surface area (Å²) in [6.07, 6.45) is -4.33. The molecule has 1 fully saturated rings. The van der Waals surface area contributed by atoms with Gasteiger partial charge >= 0.3 is 6.18 Å². The highest BCUT2D eigenvalue weighted by Gasteiger charge is 2.35. The van der Waals surface area contributed by atoms with Gasteiger partial charge in [-0.1, -0.05) is 27.7 Å². The fraction of sp³-hybridized carbons (Fsp3) is 0.385. The highest BCUT2D eigenvalue weighted by Crippen LogP contribution is 2.36. The fourth-order valence-electron chi connectivity index (χ4n) is 2.13. The van der Waals surface area contributed by atoms with Crippen LogP contribution in [0.3, 0.4) is 0 Å². The van der Waals surface area contributed by atoms with Crippen molar-refractivity contribution in [1.82, 2.24) is 0 Å². The molecule has 0 radical (unpaired) electrons. The van der Waals surface area contributed by atoms with Gasteiger partial charge in [-0.15, -0.1) is 0 Å². The number of anilines is 1. The second-order valence-corrected chi connectivity index (χ2v) is 7.03. The first-order valence-electron chi connectivity index (χ1n) is 6.02. The van der Waals surface area contributed by atoms with E-state index >= 15 is 0 Å². The minimum absolute atomic E-state index is 0.111. The van der Waals surface area contributed by atoms with Crippen LogP contribution in [0.1, 0.15) is 18.9 Å². The van der Waals surface area contributed by atoms with Gasteiger partial charge in [0.05, 0.1) is 5.56 Å². The molecule has 1 aliphatic rings. The molecule has 1 aromatic rings. The zero-order valence-electron chi connectivity index (χ0n) is 10.9. The lowest BCUT2D eigenvalue weighted by Crippen LogP contribution is -2.25. The third kappa shape index (κ3) is 4.00. The fourth-order valence-corrected chi connectivity index (χ4v) is 3.53. The van der Waals surface area contributed by atoms with Crippen molar-refractivity contribution in [2.75, 3.05) is 11.4 Å². The topological polar surface area (TPSA) is 37.4 Å². The van der Waals surface area contributed by atoms with Crippen LogP contribution in [-0.2, 0) is 15.8 Å². The molecule has 0 saturated carbocycles. The number of rotatable bonds is 2. The molecule has 0 aliphatic carbocycles. The lowest BCUT2D eigenvalue weighted by atomic mass is 10.2. The van der Waals surface area contributed by atoms with E-state index in [1.165, 1.54) is 17.9 Å². The van der Waals surface area contributed by atoms with Gasteiger partial charge in [-0.05, 0) is 18.2 Å². The Hall–Kier alpha value is -1.02. The van der Waals surface area contributed by atoms with E-state index in [1.54, 1.807) is 0 Å². The van der Waals surface area contributed by atoms with Gasteiger partial charge in [-0.2, -0.15) is 13.2 Å². The molecule has 1 heterocycles. The van der Waals surface area contributed by atoms with Crippen molar-refractivity contribution in [1.29, 1.82) is 0 Å². The monoisotopic (exact) mass is 381 g/mol. The Bertz CT molecular complexity index is 591. The van der Waals surface area contributed by atoms with E-state index < -0.39 is 11.7 Å². The maximum Gasteiger partial charge on any atom is 0.416 e. The first kappa shape index (κ1) is 16.4. The van der Waals surface area contributed by atoms with Gasteiger partial charge in [0.25, 0.3) is 0 Å². The Morgan fingerprint density at radius 1 is 1.38 bits per heavy atom. The molecule has 0 N–H and O–H groups in total. The van der Waals surface area contributed by atoms with Crippen LogP contribution < -0.4 is 4.90 Å². The average molecular weight is 382 g/mol. The van der Waals surface area contributed by atoms with Gasteiger partial charge in [0.2, 0.25) is 5.91 Å². The number of thioether (sulfide) groups is 1. The summed E-state index contributed by atoms with van der Waals surface area (Å²) in [5.74, 6) is -0.278. The third-order valence-electron chi connectivity index (χ3n) is 2.94. The Morgan fingerprint density at radius 3 is 2.62 bits per heavy atom. The molecule has 0 aromatic heterocycles. The maximum atomic E-state index is 12.8. The van der Waals surface area contributed by atoms with Gasteiger partial charge < -0.3 is 4.90 Å². The zero-order chi connectivity index (χ0) is 15.8. The summed E-state index contributed by atoms with van der Waals surface area (Å²) >= 11 is 4.07. The lowest BCUT2D eigenvalue weighted by molar-refractivity contribution is -0.137. The molecule has 1 amide bonds. The number of hydrogen-bond donors (Lipinski definition) is 0. The second kappa shape index (κ2) is 6.00. The number of nitrogens with zero attached hydrogens (tertiary/aromatic N) is 1. The van der Waals surface area contributed by atoms with Crippen molar-refractivity contribution < 1.29 is 22.8 Å². The number of amides is 1. The van der Waals surface area contributed by atoms with E-state index in [1.807, 2.05) is 0 Å². The number of hydrogen-bond acceptors (Lipinski definition) is 3. The van der Waals surface area contributed by atoms with Crippen LogP contribution in [0, 0.1) is 0 Å². The van der Waals surface area contributed by atoms with Gasteiger partial charge in [-0.3, -0.25) is 9.59 Å². The lowest BCUT2D eigenvalue weighted by Gasteiger charge is -2.19. The van der Waals surface area contributed by atoms with Crippen LogP contribution in [0.5, 0.6) is 0 Å². The largest absolute Gasteiger partial charge is 0.416 e. The SMILES string of the molecule is CC(=O)SC1CC(=O)N(c2cc(Br)cc(C(F)(F)F)c2)C1. The van der Waals surface area contributed by atoms with E-state index in [0.29, 0.717) is 0 Å². The van der Waals surface area contributed by atoms with Crippen LogP contribution in [0.4, 0.5) is 18.9 Å². The standard InChI is InChI=1S/C13H11BrF3NO2S/c1-7(19)21-11-5-12(20)18(6-11)10-3-8(13(15,16)17)2-9(14)4-10/h2-4,11H,5-6H2,1H3.